The second-order valence-corrected chi connectivity index (χ2v) is 4.82. The Bertz CT molecular complexity index is 228. The van der Waals surface area contributed by atoms with Crippen LogP contribution in [0.4, 0.5) is 0 Å². The molecule has 0 spiro atoms. The van der Waals surface area contributed by atoms with E-state index in [1.807, 2.05) is 0 Å². The maximum Gasteiger partial charge on any atom is 0.151 e. The Morgan fingerprint density at radius 3 is 1.33 bits per heavy atom. The topological polar surface area (TPSA) is 43.4 Å². The normalized spacial score (nSPS) is 36.7. The van der Waals surface area contributed by atoms with E-state index >= 15 is 0 Å². The number of nitrogens with zero attached hydrogens (tertiary/aromatic N) is 2. The third-order valence-corrected chi connectivity index (χ3v) is 3.72. The molecule has 0 saturated carbocycles. The van der Waals surface area contributed by atoms with E-state index in [1.165, 1.54) is 0 Å². The van der Waals surface area contributed by atoms with Crippen LogP contribution < -0.4 is 0 Å². The van der Waals surface area contributed by atoms with Crippen molar-refractivity contribution in [1.29, 1.82) is 0 Å². The second kappa shape index (κ2) is 6.27. The summed E-state index contributed by atoms with van der Waals surface area (Å²) in [5, 5.41) is 0. The van der Waals surface area contributed by atoms with Crippen LogP contribution in [0.2, 0.25) is 0 Å². The largest absolute Gasteiger partial charge is 0.379 e. The van der Waals surface area contributed by atoms with Crippen molar-refractivity contribution in [2.24, 2.45) is 0 Å². The van der Waals surface area contributed by atoms with Gasteiger partial charge in [-0.25, -0.2) is 0 Å². The van der Waals surface area contributed by atoms with Crippen molar-refractivity contribution in [3.05, 3.63) is 0 Å². The van der Waals surface area contributed by atoms with E-state index in [-0.39, 0.29) is 12.5 Å². The van der Waals surface area contributed by atoms with Gasteiger partial charge >= 0.3 is 0 Å². The zero-order chi connectivity index (χ0) is 12.2. The first kappa shape index (κ1) is 12.8. The van der Waals surface area contributed by atoms with Crippen molar-refractivity contribution in [2.45, 2.75) is 12.5 Å². The van der Waals surface area contributed by atoms with Gasteiger partial charge in [-0.15, -0.1) is 0 Å². The molecule has 0 bridgehead atoms. The van der Waals surface area contributed by atoms with Crippen LogP contribution in [0.3, 0.4) is 0 Å². The number of morpholine rings is 2. The quantitative estimate of drug-likeness (QED) is 0.656. The third-order valence-electron chi connectivity index (χ3n) is 3.72. The van der Waals surface area contributed by atoms with E-state index in [4.69, 9.17) is 18.9 Å². The summed E-state index contributed by atoms with van der Waals surface area (Å²) in [6.07, 6.45) is 0.0847. The molecular weight excluding hydrogens is 236 g/mol. The predicted octanol–water partition coefficient (Wildman–Crippen LogP) is -0.650. The molecule has 2 atom stereocenters. The standard InChI is InChI=1S/C12H22N2O4/c1-5-15-6-2-13(1)11-12(18-10-9-17-11)14-3-7-16-8-4-14/h11-12H,1-10H2. The van der Waals surface area contributed by atoms with Gasteiger partial charge in [-0.1, -0.05) is 0 Å². The van der Waals surface area contributed by atoms with Gasteiger partial charge in [-0.05, 0) is 0 Å². The summed E-state index contributed by atoms with van der Waals surface area (Å²) in [4.78, 5) is 4.67. The lowest BCUT2D eigenvalue weighted by atomic mass is 10.2. The molecule has 0 radical (unpaired) electrons. The van der Waals surface area contributed by atoms with E-state index < -0.39 is 0 Å². The molecule has 104 valence electrons. The first-order valence-corrected chi connectivity index (χ1v) is 6.82. The summed E-state index contributed by atoms with van der Waals surface area (Å²) < 4.78 is 22.7. The molecular formula is C12H22N2O4. The lowest BCUT2D eigenvalue weighted by molar-refractivity contribution is -0.256. The molecule has 0 aromatic heterocycles. The van der Waals surface area contributed by atoms with E-state index in [0.29, 0.717) is 13.2 Å². The molecule has 0 aromatic rings. The SMILES string of the molecule is C1CN(C2OCCOC2N2CCOCC2)CCO1. The molecule has 3 aliphatic heterocycles. The van der Waals surface area contributed by atoms with Crippen molar-refractivity contribution >= 4 is 0 Å². The first-order chi connectivity index (χ1) is 8.95. The molecule has 0 N–H and O–H groups in total. The van der Waals surface area contributed by atoms with Crippen LogP contribution in [0.1, 0.15) is 0 Å². The molecule has 3 aliphatic rings. The van der Waals surface area contributed by atoms with Crippen molar-refractivity contribution < 1.29 is 18.9 Å². The van der Waals surface area contributed by atoms with E-state index in [1.54, 1.807) is 0 Å². The second-order valence-electron chi connectivity index (χ2n) is 4.82. The molecule has 0 aliphatic carbocycles. The van der Waals surface area contributed by atoms with Gasteiger partial charge in [0.1, 0.15) is 0 Å². The minimum Gasteiger partial charge on any atom is -0.379 e. The van der Waals surface area contributed by atoms with E-state index in [2.05, 4.69) is 9.80 Å². The van der Waals surface area contributed by atoms with Gasteiger partial charge < -0.3 is 18.9 Å². The first-order valence-electron chi connectivity index (χ1n) is 6.82. The molecule has 3 heterocycles. The highest BCUT2D eigenvalue weighted by Crippen LogP contribution is 2.20. The van der Waals surface area contributed by atoms with Crippen LogP contribution in [0, 0.1) is 0 Å². The Hall–Kier alpha value is -0.240. The third kappa shape index (κ3) is 2.84. The van der Waals surface area contributed by atoms with Gasteiger partial charge in [0.2, 0.25) is 0 Å². The summed E-state index contributed by atoms with van der Waals surface area (Å²) in [6.45, 7) is 8.22. The van der Waals surface area contributed by atoms with Crippen LogP contribution in [0.15, 0.2) is 0 Å². The van der Waals surface area contributed by atoms with Gasteiger partial charge in [0.15, 0.2) is 12.5 Å². The fraction of sp³-hybridized carbons (Fsp3) is 1.00. The highest BCUT2D eigenvalue weighted by Gasteiger charge is 2.37. The maximum atomic E-state index is 5.95. The molecule has 6 heteroatoms. The van der Waals surface area contributed by atoms with Gasteiger partial charge in [0.25, 0.3) is 0 Å². The predicted molar refractivity (Wildman–Crippen MR) is 64.3 cm³/mol. The maximum absolute atomic E-state index is 5.95. The molecule has 0 aromatic carbocycles. The van der Waals surface area contributed by atoms with Gasteiger partial charge in [-0.3, -0.25) is 9.80 Å². The van der Waals surface area contributed by atoms with Crippen LogP contribution in [0.5, 0.6) is 0 Å². The Morgan fingerprint density at radius 1 is 0.556 bits per heavy atom. The molecule has 3 rings (SSSR count). The highest BCUT2D eigenvalue weighted by molar-refractivity contribution is 4.79. The summed E-state index contributed by atoms with van der Waals surface area (Å²) in [5.41, 5.74) is 0. The molecule has 0 amide bonds. The Kier molecular flexibility index (Phi) is 4.45. The number of hydrogen-bond donors (Lipinski definition) is 0. The summed E-state index contributed by atoms with van der Waals surface area (Å²) >= 11 is 0. The van der Waals surface area contributed by atoms with Gasteiger partial charge in [-0.2, -0.15) is 0 Å². The Morgan fingerprint density at radius 2 is 0.944 bits per heavy atom. The number of rotatable bonds is 2. The number of ether oxygens (including phenoxy) is 4. The van der Waals surface area contributed by atoms with Crippen LogP contribution in [-0.2, 0) is 18.9 Å². The fourth-order valence-corrected chi connectivity index (χ4v) is 2.74. The van der Waals surface area contributed by atoms with Crippen molar-refractivity contribution in [3.8, 4) is 0 Å². The van der Waals surface area contributed by atoms with Crippen molar-refractivity contribution in [2.75, 3.05) is 65.8 Å². The lowest BCUT2D eigenvalue weighted by Crippen LogP contribution is -2.61. The Labute approximate surface area is 108 Å². The average molecular weight is 258 g/mol. The highest BCUT2D eigenvalue weighted by atomic mass is 16.6. The lowest BCUT2D eigenvalue weighted by Gasteiger charge is -2.45. The zero-order valence-corrected chi connectivity index (χ0v) is 10.8. The van der Waals surface area contributed by atoms with Crippen molar-refractivity contribution in [1.82, 2.24) is 9.80 Å². The smallest absolute Gasteiger partial charge is 0.151 e. The molecule has 3 saturated heterocycles. The van der Waals surface area contributed by atoms with Crippen molar-refractivity contribution in [3.63, 3.8) is 0 Å². The molecule has 6 nitrogen and oxygen atoms in total. The molecule has 2 unspecified atom stereocenters. The summed E-state index contributed by atoms with van der Waals surface area (Å²) in [7, 11) is 0. The van der Waals surface area contributed by atoms with Crippen LogP contribution in [-0.4, -0.2) is 88.1 Å². The summed E-state index contributed by atoms with van der Waals surface area (Å²) in [5.74, 6) is 0. The van der Waals surface area contributed by atoms with Crippen LogP contribution in [0.25, 0.3) is 0 Å². The van der Waals surface area contributed by atoms with Gasteiger partial charge in [0, 0.05) is 26.2 Å². The van der Waals surface area contributed by atoms with E-state index in [0.717, 1.165) is 52.6 Å². The minimum atomic E-state index is 0.0424. The average Bonchev–Trinajstić information content (AvgIpc) is 2.49. The fourth-order valence-electron chi connectivity index (χ4n) is 2.74. The monoisotopic (exact) mass is 258 g/mol. The number of hydrogen-bond acceptors (Lipinski definition) is 6. The Balaban J connectivity index is 1.64. The summed E-state index contributed by atoms with van der Waals surface area (Å²) in [6, 6.07) is 0. The minimum absolute atomic E-state index is 0.0424. The van der Waals surface area contributed by atoms with Crippen LogP contribution >= 0.6 is 0 Å². The van der Waals surface area contributed by atoms with E-state index in [9.17, 15) is 0 Å². The molecule has 18 heavy (non-hydrogen) atoms. The molecule has 3 fully saturated rings. The van der Waals surface area contributed by atoms with Gasteiger partial charge in [0.05, 0.1) is 39.6 Å². The zero-order valence-electron chi connectivity index (χ0n) is 10.8.